The van der Waals surface area contributed by atoms with E-state index in [-0.39, 0.29) is 6.04 Å². The molecule has 7 nitrogen and oxygen atoms in total. The first-order valence-corrected chi connectivity index (χ1v) is 12.0. The van der Waals surface area contributed by atoms with E-state index in [0.717, 1.165) is 38.3 Å². The number of methoxy groups -OCH3 is 1. The van der Waals surface area contributed by atoms with Gasteiger partial charge >= 0.3 is 0 Å². The van der Waals surface area contributed by atoms with E-state index >= 15 is 0 Å². The zero-order valence-corrected chi connectivity index (χ0v) is 20.4. The van der Waals surface area contributed by atoms with Crippen molar-refractivity contribution in [3.05, 3.63) is 71.5 Å². The minimum absolute atomic E-state index is 0.0120. The van der Waals surface area contributed by atoms with Crippen molar-refractivity contribution in [3.8, 4) is 11.6 Å². The number of nitrogens with zero attached hydrogens (tertiary/aromatic N) is 3. The maximum atomic E-state index is 13.0. The van der Waals surface area contributed by atoms with Gasteiger partial charge in [0, 0.05) is 29.7 Å². The molecular weight excluding hydrogens is 434 g/mol. The summed E-state index contributed by atoms with van der Waals surface area (Å²) in [7, 11) is 0.318. The van der Waals surface area contributed by atoms with Crippen LogP contribution in [0, 0.1) is 20.8 Å². The molecule has 0 fully saturated rings. The fourth-order valence-electron chi connectivity index (χ4n) is 4.04. The Kier molecular flexibility index (Phi) is 6.76. The third kappa shape index (κ3) is 4.91. The molecule has 0 radical (unpaired) electrons. The van der Waals surface area contributed by atoms with E-state index in [0.29, 0.717) is 12.4 Å². The van der Waals surface area contributed by atoms with E-state index in [9.17, 15) is 4.21 Å². The third-order valence-electron chi connectivity index (χ3n) is 5.49. The highest BCUT2D eigenvalue weighted by Crippen LogP contribution is 2.26. The fourth-order valence-corrected chi connectivity index (χ4v) is 5.30. The van der Waals surface area contributed by atoms with Crippen LogP contribution in [0.3, 0.4) is 0 Å². The standard InChI is InChI=1S/C25H29N5O2S/c1-16-11-17(2)25(18(3)12-16)33(31)29-19(4)13-26-22-7-6-8-23-21(22)15-28-30(23)20-9-10-24(32-5)27-14-20/h6-12,14-15,19,26,29H,13H2,1-5H3. The van der Waals surface area contributed by atoms with Crippen molar-refractivity contribution in [1.29, 1.82) is 0 Å². The molecule has 0 aliphatic rings. The number of nitrogens with one attached hydrogen (secondary N) is 2. The second kappa shape index (κ2) is 9.72. The molecule has 0 bridgehead atoms. The van der Waals surface area contributed by atoms with Gasteiger partial charge in [-0.05, 0) is 57.0 Å². The first kappa shape index (κ1) is 22.9. The van der Waals surface area contributed by atoms with Crippen LogP contribution in [-0.4, -0.2) is 38.7 Å². The fraction of sp³-hybridized carbons (Fsp3) is 0.280. The number of hydrogen-bond donors (Lipinski definition) is 2. The van der Waals surface area contributed by atoms with E-state index in [1.165, 1.54) is 5.56 Å². The third-order valence-corrected chi connectivity index (χ3v) is 7.12. The minimum atomic E-state index is -1.28. The lowest BCUT2D eigenvalue weighted by Gasteiger charge is -2.18. The van der Waals surface area contributed by atoms with E-state index in [1.54, 1.807) is 13.3 Å². The summed E-state index contributed by atoms with van der Waals surface area (Å²) in [6, 6.07) is 13.9. The molecule has 2 aromatic heterocycles. The van der Waals surface area contributed by atoms with Gasteiger partial charge in [0.2, 0.25) is 5.88 Å². The SMILES string of the molecule is COc1ccc(-n2ncc3c(NCC(C)NS(=O)c4c(C)cc(C)cc4C)cccc32)cn1. The molecule has 2 heterocycles. The molecule has 8 heteroatoms. The number of aryl methyl sites for hydroxylation is 3. The molecule has 2 unspecified atom stereocenters. The molecule has 172 valence electrons. The molecular formula is C25H29N5O2S. The van der Waals surface area contributed by atoms with Gasteiger partial charge in [0.25, 0.3) is 0 Å². The van der Waals surface area contributed by atoms with Gasteiger partial charge < -0.3 is 10.1 Å². The van der Waals surface area contributed by atoms with Gasteiger partial charge in [-0.1, -0.05) is 23.8 Å². The molecule has 0 amide bonds. The van der Waals surface area contributed by atoms with Crippen LogP contribution in [-0.2, 0) is 11.0 Å². The Morgan fingerprint density at radius 3 is 2.52 bits per heavy atom. The highest BCUT2D eigenvalue weighted by molar-refractivity contribution is 7.83. The maximum Gasteiger partial charge on any atom is 0.213 e. The van der Waals surface area contributed by atoms with Crippen LogP contribution in [0.25, 0.3) is 16.6 Å². The summed E-state index contributed by atoms with van der Waals surface area (Å²) in [6.07, 6.45) is 3.58. The number of fused-ring (bicyclic) bond motifs is 1. The van der Waals surface area contributed by atoms with Gasteiger partial charge in [0.15, 0.2) is 0 Å². The molecule has 0 spiro atoms. The number of hydrogen-bond acceptors (Lipinski definition) is 5. The van der Waals surface area contributed by atoms with E-state index in [2.05, 4.69) is 39.2 Å². The highest BCUT2D eigenvalue weighted by Gasteiger charge is 2.15. The number of ether oxygens (including phenoxy) is 1. The Hall–Kier alpha value is -3.23. The summed E-state index contributed by atoms with van der Waals surface area (Å²) in [5, 5.41) is 9.04. The molecule has 0 saturated carbocycles. The Labute approximate surface area is 196 Å². The number of anilines is 1. The Balaban J connectivity index is 1.47. The summed E-state index contributed by atoms with van der Waals surface area (Å²) in [4.78, 5) is 5.14. The predicted octanol–water partition coefficient (Wildman–Crippen LogP) is 4.47. The summed E-state index contributed by atoms with van der Waals surface area (Å²) in [5.74, 6) is 0.562. The average molecular weight is 464 g/mol. The monoisotopic (exact) mass is 463 g/mol. The molecule has 2 N–H and O–H groups in total. The van der Waals surface area contributed by atoms with Crippen molar-refractivity contribution < 1.29 is 8.95 Å². The zero-order chi connectivity index (χ0) is 23.5. The van der Waals surface area contributed by atoms with E-state index < -0.39 is 11.0 Å². The molecule has 0 saturated heterocycles. The van der Waals surface area contributed by atoms with Gasteiger partial charge in [-0.15, -0.1) is 0 Å². The lowest BCUT2D eigenvalue weighted by Crippen LogP contribution is -2.34. The van der Waals surface area contributed by atoms with Crippen LogP contribution in [0.4, 0.5) is 5.69 Å². The van der Waals surface area contributed by atoms with E-state index in [4.69, 9.17) is 4.74 Å². The first-order chi connectivity index (χ1) is 15.9. The molecule has 33 heavy (non-hydrogen) atoms. The van der Waals surface area contributed by atoms with Gasteiger partial charge in [0.1, 0.15) is 11.0 Å². The molecule has 0 aliphatic heterocycles. The van der Waals surface area contributed by atoms with Gasteiger partial charge in [0.05, 0.1) is 35.6 Å². The second-order valence-corrected chi connectivity index (χ2v) is 9.43. The number of aromatic nitrogens is 3. The van der Waals surface area contributed by atoms with Crippen molar-refractivity contribution >= 4 is 27.6 Å². The summed E-state index contributed by atoms with van der Waals surface area (Å²) in [6.45, 7) is 8.71. The largest absolute Gasteiger partial charge is 0.481 e. The lowest BCUT2D eigenvalue weighted by atomic mass is 10.1. The molecule has 2 aromatic carbocycles. The molecule has 4 aromatic rings. The van der Waals surface area contributed by atoms with Crippen LogP contribution in [0.15, 0.2) is 59.8 Å². The normalized spacial score (nSPS) is 13.1. The minimum Gasteiger partial charge on any atom is -0.481 e. The predicted molar refractivity (Wildman–Crippen MR) is 134 cm³/mol. The van der Waals surface area contributed by atoms with E-state index in [1.807, 2.05) is 62.0 Å². The van der Waals surface area contributed by atoms with Crippen LogP contribution in [0.2, 0.25) is 0 Å². The van der Waals surface area contributed by atoms with Crippen molar-refractivity contribution in [2.45, 2.75) is 38.6 Å². The van der Waals surface area contributed by atoms with Gasteiger partial charge in [-0.3, -0.25) is 0 Å². The quantitative estimate of drug-likeness (QED) is 0.403. The van der Waals surface area contributed by atoms with Crippen molar-refractivity contribution in [2.24, 2.45) is 0 Å². The van der Waals surface area contributed by atoms with Crippen molar-refractivity contribution in [2.75, 3.05) is 19.0 Å². The number of benzene rings is 2. The van der Waals surface area contributed by atoms with Crippen LogP contribution < -0.4 is 14.8 Å². The van der Waals surface area contributed by atoms with Crippen molar-refractivity contribution in [1.82, 2.24) is 19.5 Å². The summed E-state index contributed by atoms with van der Waals surface area (Å²) in [5.41, 5.74) is 6.08. The molecule has 4 rings (SSSR count). The lowest BCUT2D eigenvalue weighted by molar-refractivity contribution is 0.397. The highest BCUT2D eigenvalue weighted by atomic mass is 32.2. The van der Waals surface area contributed by atoms with Gasteiger partial charge in [-0.2, -0.15) is 5.10 Å². The second-order valence-electron chi connectivity index (χ2n) is 8.25. The maximum absolute atomic E-state index is 13.0. The molecule has 2 atom stereocenters. The van der Waals surface area contributed by atoms with Gasteiger partial charge in [-0.25, -0.2) is 18.6 Å². The zero-order valence-electron chi connectivity index (χ0n) is 19.5. The average Bonchev–Trinajstić information content (AvgIpc) is 3.22. The van der Waals surface area contributed by atoms with Crippen LogP contribution in [0.5, 0.6) is 5.88 Å². The number of pyridine rings is 1. The van der Waals surface area contributed by atoms with Crippen molar-refractivity contribution in [3.63, 3.8) is 0 Å². The number of rotatable bonds is 8. The van der Waals surface area contributed by atoms with Crippen LogP contribution >= 0.6 is 0 Å². The summed E-state index contributed by atoms with van der Waals surface area (Å²) >= 11 is 0. The topological polar surface area (TPSA) is 81.1 Å². The Morgan fingerprint density at radius 1 is 1.09 bits per heavy atom. The Bertz CT molecular complexity index is 1280. The Morgan fingerprint density at radius 2 is 1.85 bits per heavy atom. The van der Waals surface area contributed by atoms with Crippen LogP contribution in [0.1, 0.15) is 23.6 Å². The smallest absolute Gasteiger partial charge is 0.213 e. The molecule has 0 aliphatic carbocycles. The summed E-state index contributed by atoms with van der Waals surface area (Å²) < 4.78 is 23.2. The first-order valence-electron chi connectivity index (χ1n) is 10.8.